The number of aromatic amines is 1. The maximum absolute atomic E-state index is 4.87. The van der Waals surface area contributed by atoms with Gasteiger partial charge in [-0.25, -0.2) is 4.98 Å². The summed E-state index contributed by atoms with van der Waals surface area (Å²) in [5.41, 5.74) is 3.58. The highest BCUT2D eigenvalue weighted by molar-refractivity contribution is 5.62. The molecule has 2 N–H and O–H groups in total. The largest absolute Gasteiger partial charge is 0.345 e. The zero-order valence-corrected chi connectivity index (χ0v) is 12.3. The van der Waals surface area contributed by atoms with Gasteiger partial charge in [-0.05, 0) is 25.3 Å². The van der Waals surface area contributed by atoms with Gasteiger partial charge in [0.1, 0.15) is 5.82 Å². The van der Waals surface area contributed by atoms with Crippen LogP contribution in [0, 0.1) is 0 Å². The van der Waals surface area contributed by atoms with E-state index in [1.807, 2.05) is 0 Å². The van der Waals surface area contributed by atoms with E-state index in [4.69, 9.17) is 4.98 Å². The molecule has 0 amide bonds. The maximum Gasteiger partial charge on any atom is 0.108 e. The molecule has 1 saturated heterocycles. The van der Waals surface area contributed by atoms with E-state index >= 15 is 0 Å². The van der Waals surface area contributed by atoms with Crippen molar-refractivity contribution in [2.24, 2.45) is 0 Å². The lowest BCUT2D eigenvalue weighted by Gasteiger charge is -2.07. The third-order valence-electron chi connectivity index (χ3n) is 4.01. The van der Waals surface area contributed by atoms with Crippen molar-refractivity contribution in [1.29, 1.82) is 0 Å². The monoisotopic (exact) mass is 269 g/mol. The summed E-state index contributed by atoms with van der Waals surface area (Å²) in [4.78, 5) is 8.43. The van der Waals surface area contributed by atoms with Crippen molar-refractivity contribution in [1.82, 2.24) is 15.3 Å². The second-order valence-electron chi connectivity index (χ2n) is 5.96. The van der Waals surface area contributed by atoms with Crippen molar-refractivity contribution in [2.75, 3.05) is 6.54 Å². The van der Waals surface area contributed by atoms with Crippen molar-refractivity contribution in [3.63, 3.8) is 0 Å². The first-order valence-corrected chi connectivity index (χ1v) is 7.61. The number of nitrogens with one attached hydrogen (secondary N) is 2. The smallest absolute Gasteiger partial charge is 0.108 e. The van der Waals surface area contributed by atoms with E-state index < -0.39 is 0 Å². The lowest BCUT2D eigenvalue weighted by molar-refractivity contribution is 0.587. The van der Waals surface area contributed by atoms with E-state index in [-0.39, 0.29) is 0 Å². The molecule has 3 rings (SSSR count). The fraction of sp³-hybridized carbons (Fsp3) is 0.471. The van der Waals surface area contributed by atoms with E-state index in [1.165, 1.54) is 24.1 Å². The summed E-state index contributed by atoms with van der Waals surface area (Å²) >= 11 is 0. The molecule has 106 valence electrons. The molecule has 2 heterocycles. The minimum absolute atomic E-state index is 0.461. The number of benzene rings is 1. The van der Waals surface area contributed by atoms with Crippen LogP contribution in [0.3, 0.4) is 0 Å². The Kier molecular flexibility index (Phi) is 3.88. The van der Waals surface area contributed by atoms with Crippen molar-refractivity contribution in [2.45, 2.75) is 45.1 Å². The van der Waals surface area contributed by atoms with Crippen LogP contribution >= 0.6 is 0 Å². The molecule has 0 radical (unpaired) electrons. The van der Waals surface area contributed by atoms with Gasteiger partial charge in [0.25, 0.3) is 0 Å². The third-order valence-corrected chi connectivity index (χ3v) is 4.01. The molecule has 2 aromatic rings. The summed E-state index contributed by atoms with van der Waals surface area (Å²) in [7, 11) is 0. The van der Waals surface area contributed by atoms with Gasteiger partial charge in [-0.3, -0.25) is 0 Å². The second kappa shape index (κ2) is 5.80. The normalized spacial score (nSPS) is 18.9. The Balaban J connectivity index is 1.90. The number of hydrogen-bond donors (Lipinski definition) is 2. The van der Waals surface area contributed by atoms with Crippen molar-refractivity contribution in [3.8, 4) is 11.3 Å². The summed E-state index contributed by atoms with van der Waals surface area (Å²) in [6, 6.07) is 11.1. The summed E-state index contributed by atoms with van der Waals surface area (Å²) in [6.07, 6.45) is 3.55. The molecule has 0 spiro atoms. The van der Waals surface area contributed by atoms with Crippen LogP contribution in [0.4, 0.5) is 0 Å². The Labute approximate surface area is 120 Å². The first-order chi connectivity index (χ1) is 9.74. The highest BCUT2D eigenvalue weighted by atomic mass is 15.0. The van der Waals surface area contributed by atoms with Gasteiger partial charge in [0.05, 0.1) is 5.69 Å². The van der Waals surface area contributed by atoms with Crippen molar-refractivity contribution >= 4 is 0 Å². The molecule has 3 nitrogen and oxygen atoms in total. The number of aromatic nitrogens is 2. The highest BCUT2D eigenvalue weighted by Gasteiger charge is 2.19. The SMILES string of the molecule is CC(C)c1[nH]c(CC2CCCN2)nc1-c1ccccc1. The molecule has 0 aliphatic carbocycles. The van der Waals surface area contributed by atoms with Crippen LogP contribution in [0.15, 0.2) is 30.3 Å². The lowest BCUT2D eigenvalue weighted by Crippen LogP contribution is -2.24. The first-order valence-electron chi connectivity index (χ1n) is 7.61. The average Bonchev–Trinajstić information content (AvgIpc) is 3.10. The van der Waals surface area contributed by atoms with Gasteiger partial charge in [0.15, 0.2) is 0 Å². The number of H-pyrrole nitrogens is 1. The molecule has 1 aromatic carbocycles. The molecular formula is C17H23N3. The molecule has 3 heteroatoms. The van der Waals surface area contributed by atoms with E-state index in [1.54, 1.807) is 0 Å². The van der Waals surface area contributed by atoms with Crippen LogP contribution in [-0.2, 0) is 6.42 Å². The summed E-state index contributed by atoms with van der Waals surface area (Å²) in [5.74, 6) is 1.58. The van der Waals surface area contributed by atoms with Crippen LogP contribution in [0.25, 0.3) is 11.3 Å². The number of imidazole rings is 1. The summed E-state index contributed by atoms with van der Waals surface area (Å²) in [6.45, 7) is 5.59. The minimum atomic E-state index is 0.461. The number of rotatable bonds is 4. The predicted molar refractivity (Wildman–Crippen MR) is 82.8 cm³/mol. The van der Waals surface area contributed by atoms with Crippen molar-refractivity contribution in [3.05, 3.63) is 41.9 Å². The Bertz CT molecular complexity index is 551. The third kappa shape index (κ3) is 2.78. The summed E-state index contributed by atoms with van der Waals surface area (Å²) < 4.78 is 0. The average molecular weight is 269 g/mol. The lowest BCUT2D eigenvalue weighted by atomic mass is 10.0. The Morgan fingerprint density at radius 1 is 1.25 bits per heavy atom. The van der Waals surface area contributed by atoms with Crippen LogP contribution in [0.2, 0.25) is 0 Å². The van der Waals surface area contributed by atoms with E-state index in [2.05, 4.69) is 54.5 Å². The van der Waals surface area contributed by atoms with E-state index in [0.29, 0.717) is 12.0 Å². The van der Waals surface area contributed by atoms with Gasteiger partial charge < -0.3 is 10.3 Å². The molecule has 1 aliphatic heterocycles. The zero-order chi connectivity index (χ0) is 13.9. The molecule has 1 unspecified atom stereocenters. The van der Waals surface area contributed by atoms with Crippen molar-refractivity contribution < 1.29 is 0 Å². The van der Waals surface area contributed by atoms with Gasteiger partial charge in [0, 0.05) is 23.7 Å². The Hall–Kier alpha value is -1.61. The molecule has 1 aromatic heterocycles. The van der Waals surface area contributed by atoms with Crippen LogP contribution < -0.4 is 5.32 Å². The van der Waals surface area contributed by atoms with E-state index in [0.717, 1.165) is 24.5 Å². The standard InChI is InChI=1S/C17H23N3/c1-12(2)16-17(13-7-4-3-5-8-13)20-15(19-16)11-14-9-6-10-18-14/h3-5,7-8,12,14,18H,6,9-11H2,1-2H3,(H,19,20). The van der Waals surface area contributed by atoms with Gasteiger partial charge in [-0.1, -0.05) is 44.2 Å². The highest BCUT2D eigenvalue weighted by Crippen LogP contribution is 2.27. The van der Waals surface area contributed by atoms with Gasteiger partial charge in [-0.2, -0.15) is 0 Å². The van der Waals surface area contributed by atoms with E-state index in [9.17, 15) is 0 Å². The van der Waals surface area contributed by atoms with Gasteiger partial charge in [0.2, 0.25) is 0 Å². The summed E-state index contributed by atoms with van der Waals surface area (Å²) in [5, 5.41) is 3.54. The molecule has 0 bridgehead atoms. The minimum Gasteiger partial charge on any atom is -0.345 e. The molecule has 1 atom stereocenters. The maximum atomic E-state index is 4.87. The zero-order valence-electron chi connectivity index (χ0n) is 12.3. The quantitative estimate of drug-likeness (QED) is 0.892. The fourth-order valence-electron chi connectivity index (χ4n) is 2.93. The Morgan fingerprint density at radius 2 is 2.05 bits per heavy atom. The van der Waals surface area contributed by atoms with Crippen LogP contribution in [0.1, 0.15) is 44.1 Å². The van der Waals surface area contributed by atoms with Crippen LogP contribution in [0.5, 0.6) is 0 Å². The first kappa shape index (κ1) is 13.4. The molecular weight excluding hydrogens is 246 g/mol. The molecule has 1 aliphatic rings. The topological polar surface area (TPSA) is 40.7 Å². The molecule has 0 saturated carbocycles. The van der Waals surface area contributed by atoms with Crippen LogP contribution in [-0.4, -0.2) is 22.6 Å². The fourth-order valence-corrected chi connectivity index (χ4v) is 2.93. The number of hydrogen-bond acceptors (Lipinski definition) is 2. The predicted octanol–water partition coefficient (Wildman–Crippen LogP) is 3.49. The number of nitrogens with zero attached hydrogens (tertiary/aromatic N) is 1. The Morgan fingerprint density at radius 3 is 2.70 bits per heavy atom. The van der Waals surface area contributed by atoms with Gasteiger partial charge in [-0.15, -0.1) is 0 Å². The molecule has 1 fully saturated rings. The molecule has 20 heavy (non-hydrogen) atoms. The van der Waals surface area contributed by atoms with Gasteiger partial charge >= 0.3 is 0 Å². The second-order valence-corrected chi connectivity index (χ2v) is 5.96.